The van der Waals surface area contributed by atoms with Gasteiger partial charge in [-0.05, 0) is 46.3 Å². The molecule has 1 atom stereocenters. The van der Waals surface area contributed by atoms with Crippen LogP contribution in [-0.4, -0.2) is 53.9 Å². The first kappa shape index (κ1) is 15.8. The molecule has 2 rings (SSSR count). The Kier molecular flexibility index (Phi) is 5.22. The zero-order valence-corrected chi connectivity index (χ0v) is 12.5. The summed E-state index contributed by atoms with van der Waals surface area (Å²) in [7, 11) is 3.96. The van der Waals surface area contributed by atoms with Gasteiger partial charge < -0.3 is 9.80 Å². The Bertz CT molecular complexity index is 508. The molecule has 1 fully saturated rings. The molecule has 6 heteroatoms. The smallest absolute Gasteiger partial charge is 0.275 e. The molecule has 116 valence electrons. The Hall–Kier alpha value is -1.56. The van der Waals surface area contributed by atoms with E-state index in [1.54, 1.807) is 4.90 Å². The third-order valence-electron chi connectivity index (χ3n) is 3.81. The molecule has 0 saturated carbocycles. The number of nitrogens with zero attached hydrogens (tertiary/aromatic N) is 3. The number of piperidine rings is 1. The SMILES string of the molecule is CN(C)CC[C@H]1CCCCN1C(=O)c1ncc(F)cc1F. The Morgan fingerprint density at radius 3 is 2.86 bits per heavy atom. The summed E-state index contributed by atoms with van der Waals surface area (Å²) in [4.78, 5) is 19.9. The molecular weight excluding hydrogens is 276 g/mol. The average molecular weight is 297 g/mol. The minimum Gasteiger partial charge on any atom is -0.334 e. The molecule has 0 radical (unpaired) electrons. The molecule has 1 aliphatic rings. The molecule has 2 heterocycles. The van der Waals surface area contributed by atoms with Crippen molar-refractivity contribution in [1.29, 1.82) is 0 Å². The van der Waals surface area contributed by atoms with Gasteiger partial charge in [-0.1, -0.05) is 0 Å². The summed E-state index contributed by atoms with van der Waals surface area (Å²) in [6.07, 6.45) is 4.63. The molecule has 1 aromatic rings. The molecule has 1 saturated heterocycles. The van der Waals surface area contributed by atoms with Crippen molar-refractivity contribution in [3.8, 4) is 0 Å². The molecule has 0 aromatic carbocycles. The summed E-state index contributed by atoms with van der Waals surface area (Å²) < 4.78 is 26.6. The number of carbonyl (C=O) groups excluding carboxylic acids is 1. The first-order valence-electron chi connectivity index (χ1n) is 7.26. The first-order chi connectivity index (χ1) is 9.99. The van der Waals surface area contributed by atoms with E-state index in [-0.39, 0.29) is 11.7 Å². The summed E-state index contributed by atoms with van der Waals surface area (Å²) >= 11 is 0. The van der Waals surface area contributed by atoms with Crippen LogP contribution in [0, 0.1) is 11.6 Å². The van der Waals surface area contributed by atoms with Gasteiger partial charge in [-0.2, -0.15) is 0 Å². The lowest BCUT2D eigenvalue weighted by Gasteiger charge is -2.36. The zero-order chi connectivity index (χ0) is 15.4. The highest BCUT2D eigenvalue weighted by Crippen LogP contribution is 2.22. The van der Waals surface area contributed by atoms with Gasteiger partial charge >= 0.3 is 0 Å². The summed E-state index contributed by atoms with van der Waals surface area (Å²) in [6.45, 7) is 1.48. The van der Waals surface area contributed by atoms with Crippen molar-refractivity contribution in [2.45, 2.75) is 31.7 Å². The number of halogens is 2. The fourth-order valence-electron chi connectivity index (χ4n) is 2.68. The highest BCUT2D eigenvalue weighted by atomic mass is 19.1. The van der Waals surface area contributed by atoms with Gasteiger partial charge in [0.25, 0.3) is 5.91 Å². The minimum atomic E-state index is -0.892. The summed E-state index contributed by atoms with van der Waals surface area (Å²) in [5.74, 6) is -2.10. The monoisotopic (exact) mass is 297 g/mol. The number of carbonyl (C=O) groups is 1. The van der Waals surface area contributed by atoms with E-state index in [1.165, 1.54) is 0 Å². The van der Waals surface area contributed by atoms with Crippen molar-refractivity contribution < 1.29 is 13.6 Å². The number of pyridine rings is 1. The van der Waals surface area contributed by atoms with Crippen LogP contribution in [0.15, 0.2) is 12.3 Å². The van der Waals surface area contributed by atoms with Crippen LogP contribution in [0.2, 0.25) is 0 Å². The van der Waals surface area contributed by atoms with Gasteiger partial charge in [0, 0.05) is 18.7 Å². The molecule has 4 nitrogen and oxygen atoms in total. The maximum atomic E-state index is 13.7. The molecule has 0 unspecified atom stereocenters. The fourth-order valence-corrected chi connectivity index (χ4v) is 2.68. The van der Waals surface area contributed by atoms with Crippen LogP contribution in [0.1, 0.15) is 36.2 Å². The number of rotatable bonds is 4. The molecule has 1 amide bonds. The Morgan fingerprint density at radius 2 is 2.19 bits per heavy atom. The maximum Gasteiger partial charge on any atom is 0.275 e. The average Bonchev–Trinajstić information content (AvgIpc) is 2.45. The van der Waals surface area contributed by atoms with Crippen molar-refractivity contribution in [1.82, 2.24) is 14.8 Å². The van der Waals surface area contributed by atoms with Crippen LogP contribution in [0.4, 0.5) is 8.78 Å². The number of hydrogen-bond acceptors (Lipinski definition) is 3. The van der Waals surface area contributed by atoms with Gasteiger partial charge in [0.15, 0.2) is 11.5 Å². The van der Waals surface area contributed by atoms with Gasteiger partial charge in [0.05, 0.1) is 6.20 Å². The fraction of sp³-hybridized carbons (Fsp3) is 0.600. The number of amides is 1. The van der Waals surface area contributed by atoms with E-state index in [4.69, 9.17) is 0 Å². The van der Waals surface area contributed by atoms with Crippen LogP contribution >= 0.6 is 0 Å². The standard InChI is InChI=1S/C15H21F2N3O/c1-19(2)8-6-12-5-3-4-7-20(12)15(21)14-13(17)9-11(16)10-18-14/h9-10,12H,3-8H2,1-2H3/t12-/m1/s1. The lowest BCUT2D eigenvalue weighted by molar-refractivity contribution is 0.0580. The van der Waals surface area contributed by atoms with Crippen LogP contribution in [0.3, 0.4) is 0 Å². The second kappa shape index (κ2) is 6.93. The Morgan fingerprint density at radius 1 is 1.43 bits per heavy atom. The lowest BCUT2D eigenvalue weighted by Crippen LogP contribution is -2.45. The normalized spacial score (nSPS) is 19.1. The van der Waals surface area contributed by atoms with Crippen LogP contribution in [0.25, 0.3) is 0 Å². The molecule has 0 N–H and O–H groups in total. The highest BCUT2D eigenvalue weighted by Gasteiger charge is 2.29. The van der Waals surface area contributed by atoms with E-state index in [1.807, 2.05) is 14.1 Å². The van der Waals surface area contributed by atoms with Crippen molar-refractivity contribution in [3.63, 3.8) is 0 Å². The highest BCUT2D eigenvalue weighted by molar-refractivity contribution is 5.92. The molecule has 0 bridgehead atoms. The minimum absolute atomic E-state index is 0.0971. The second-order valence-corrected chi connectivity index (χ2v) is 5.72. The third kappa shape index (κ3) is 3.97. The van der Waals surface area contributed by atoms with E-state index in [9.17, 15) is 13.6 Å². The van der Waals surface area contributed by atoms with E-state index in [0.29, 0.717) is 12.6 Å². The number of hydrogen-bond donors (Lipinski definition) is 0. The van der Waals surface area contributed by atoms with Crippen molar-refractivity contribution in [2.24, 2.45) is 0 Å². The summed E-state index contributed by atoms with van der Waals surface area (Å²) in [5, 5.41) is 0. The molecule has 0 aliphatic carbocycles. The predicted molar refractivity (Wildman–Crippen MR) is 76.0 cm³/mol. The number of aromatic nitrogens is 1. The first-order valence-corrected chi connectivity index (χ1v) is 7.26. The van der Waals surface area contributed by atoms with Crippen molar-refractivity contribution in [2.75, 3.05) is 27.2 Å². The van der Waals surface area contributed by atoms with Gasteiger partial charge in [0.1, 0.15) is 5.82 Å². The van der Waals surface area contributed by atoms with Gasteiger partial charge in [-0.15, -0.1) is 0 Å². The predicted octanol–water partition coefficient (Wildman–Crippen LogP) is 2.31. The molecule has 21 heavy (non-hydrogen) atoms. The Balaban J connectivity index is 2.14. The van der Waals surface area contributed by atoms with Gasteiger partial charge in [-0.3, -0.25) is 4.79 Å². The van der Waals surface area contributed by atoms with E-state index >= 15 is 0 Å². The summed E-state index contributed by atoms with van der Waals surface area (Å²) in [6, 6.07) is 0.804. The van der Waals surface area contributed by atoms with Crippen LogP contribution < -0.4 is 0 Å². The van der Waals surface area contributed by atoms with Crippen LogP contribution in [0.5, 0.6) is 0 Å². The maximum absolute atomic E-state index is 13.7. The second-order valence-electron chi connectivity index (χ2n) is 5.72. The van der Waals surface area contributed by atoms with E-state index in [2.05, 4.69) is 9.88 Å². The van der Waals surface area contributed by atoms with Gasteiger partial charge in [-0.25, -0.2) is 13.8 Å². The zero-order valence-electron chi connectivity index (χ0n) is 12.5. The lowest BCUT2D eigenvalue weighted by atomic mass is 9.98. The molecule has 1 aliphatic heterocycles. The van der Waals surface area contributed by atoms with Crippen molar-refractivity contribution >= 4 is 5.91 Å². The van der Waals surface area contributed by atoms with E-state index < -0.39 is 17.5 Å². The molecule has 0 spiro atoms. The van der Waals surface area contributed by atoms with Gasteiger partial charge in [0.2, 0.25) is 0 Å². The Labute approximate surface area is 123 Å². The quantitative estimate of drug-likeness (QED) is 0.855. The van der Waals surface area contributed by atoms with E-state index in [0.717, 1.165) is 38.4 Å². The largest absolute Gasteiger partial charge is 0.334 e. The third-order valence-corrected chi connectivity index (χ3v) is 3.81. The number of likely N-dealkylation sites (tertiary alicyclic amines) is 1. The summed E-state index contributed by atoms with van der Waals surface area (Å²) in [5.41, 5.74) is -0.284. The van der Waals surface area contributed by atoms with Crippen molar-refractivity contribution in [3.05, 3.63) is 29.6 Å². The molecule has 1 aromatic heterocycles. The molecular formula is C15H21F2N3O. The van der Waals surface area contributed by atoms with Crippen LogP contribution in [-0.2, 0) is 0 Å². The topological polar surface area (TPSA) is 36.4 Å².